The van der Waals surface area contributed by atoms with E-state index >= 15 is 0 Å². The molecule has 1 unspecified atom stereocenters. The molecule has 11 nitrogen and oxygen atoms in total. The summed E-state index contributed by atoms with van der Waals surface area (Å²) >= 11 is 0. The van der Waals surface area contributed by atoms with Crippen LogP contribution in [0.15, 0.2) is 12.3 Å². The molecule has 4 rings (SSSR count). The zero-order chi connectivity index (χ0) is 36.1. The second-order valence-electron chi connectivity index (χ2n) is 16.3. The van der Waals surface area contributed by atoms with Crippen molar-refractivity contribution in [2.75, 3.05) is 74.4 Å². The topological polar surface area (TPSA) is 126 Å². The second-order valence-corrected chi connectivity index (χ2v) is 25.5. The number of anilines is 1. The third-order valence-electron chi connectivity index (χ3n) is 8.63. The Bertz CT molecular complexity index is 1420. The van der Waals surface area contributed by atoms with E-state index in [-0.39, 0.29) is 24.4 Å². The molecule has 278 valence electrons. The molecule has 2 fully saturated rings. The molecule has 2 aliphatic carbocycles. The van der Waals surface area contributed by atoms with Gasteiger partial charge in [-0.25, -0.2) is 34.5 Å². The summed E-state index contributed by atoms with van der Waals surface area (Å²) in [6.07, 6.45) is 19.0. The molecule has 0 bridgehead atoms. The fourth-order valence-corrected chi connectivity index (χ4v) is 7.05. The average molecular weight is 724 g/mol. The molecule has 0 saturated heterocycles. The second kappa shape index (κ2) is 16.2. The summed E-state index contributed by atoms with van der Waals surface area (Å²) in [4.78, 5) is 31.8. The predicted octanol–water partition coefficient (Wildman–Crippen LogP) is 6.54. The molecule has 2 heterocycles. The van der Waals surface area contributed by atoms with E-state index in [4.69, 9.17) is 29.0 Å². The summed E-state index contributed by atoms with van der Waals surface area (Å²) in [5.41, 5.74) is 2.85. The Balaban J connectivity index is 1.58. The van der Waals surface area contributed by atoms with Gasteiger partial charge in [-0.1, -0.05) is 0 Å². The van der Waals surface area contributed by atoms with Crippen LogP contribution < -0.4 is 15.4 Å². The van der Waals surface area contributed by atoms with E-state index in [9.17, 15) is 9.59 Å². The highest BCUT2D eigenvalue weighted by atomic mass is 32.3. The number of aryl methyl sites for hydroxylation is 1. The van der Waals surface area contributed by atoms with Crippen LogP contribution in [0.3, 0.4) is 0 Å². The van der Waals surface area contributed by atoms with Crippen molar-refractivity contribution in [3.8, 4) is 16.9 Å². The van der Waals surface area contributed by atoms with Crippen molar-refractivity contribution in [1.82, 2.24) is 20.1 Å². The minimum atomic E-state index is -0.752. The number of rotatable bonds is 18. The van der Waals surface area contributed by atoms with E-state index in [0.717, 1.165) is 59.7 Å². The van der Waals surface area contributed by atoms with Gasteiger partial charge in [0, 0.05) is 34.5 Å². The summed E-state index contributed by atoms with van der Waals surface area (Å²) in [6, 6.07) is 1.12. The van der Waals surface area contributed by atoms with Crippen LogP contribution in [-0.2, 0) is 25.7 Å². The monoisotopic (exact) mass is 723 g/mol. The number of ether oxygens (including phenoxy) is 4. The highest BCUT2D eigenvalue weighted by molar-refractivity contribution is 8.32. The number of amides is 2. The minimum Gasteiger partial charge on any atom is -0.464 e. The number of nitrogens with one attached hydrogen (secondary N) is 2. The van der Waals surface area contributed by atoms with Crippen LogP contribution in [0.5, 0.6) is 5.75 Å². The lowest BCUT2D eigenvalue weighted by molar-refractivity contribution is -0.120. The van der Waals surface area contributed by atoms with Gasteiger partial charge in [0.05, 0.1) is 18.9 Å². The summed E-state index contributed by atoms with van der Waals surface area (Å²) in [5, 5.41) is 10.7. The number of nitrogens with zero attached hydrogens (tertiary/aromatic N) is 3. The van der Waals surface area contributed by atoms with Crippen molar-refractivity contribution < 1.29 is 28.5 Å². The van der Waals surface area contributed by atoms with Gasteiger partial charge in [-0.05, 0) is 122 Å². The number of hydrogen-bond acceptors (Lipinski definition) is 8. The standard InChI is InChI=1S/C36H61N5O6S2/c1-24-30(25(2)41(40-24)22-44-16-18-48(6,7)8)28-20-29(46-23-45-17-19-49(9,10)11)33(37-21-28)39-34(42)32(38-35(43)47-36(3,4)5)31(26-12-13-26)27-14-15-27/h20-21,26-27,31-32H,12-19,22-23H2,1-11H3,(H,38,43)(H,37,39,42). The maximum Gasteiger partial charge on any atom is 0.408 e. The normalized spacial score (nSPS) is 16.7. The molecule has 0 aliphatic heterocycles. The molecule has 2 aliphatic rings. The first kappa shape index (κ1) is 39.3. The minimum absolute atomic E-state index is 0.0106. The fraction of sp³-hybridized carbons (Fsp3) is 0.722. The maximum atomic E-state index is 14.1. The maximum absolute atomic E-state index is 14.1. The molecule has 0 radical (unpaired) electrons. The highest BCUT2D eigenvalue weighted by Gasteiger charge is 2.48. The largest absolute Gasteiger partial charge is 0.464 e. The Morgan fingerprint density at radius 3 is 2.10 bits per heavy atom. The van der Waals surface area contributed by atoms with Gasteiger partial charge in [0.1, 0.15) is 18.4 Å². The first-order valence-electron chi connectivity index (χ1n) is 17.3. The zero-order valence-corrected chi connectivity index (χ0v) is 33.3. The highest BCUT2D eigenvalue weighted by Crippen LogP contribution is 2.51. The molecular formula is C36H61N5O6S2. The molecule has 2 N–H and O–H groups in total. The molecule has 49 heavy (non-hydrogen) atoms. The molecule has 2 aromatic rings. The Morgan fingerprint density at radius 1 is 0.959 bits per heavy atom. The van der Waals surface area contributed by atoms with E-state index in [0.29, 0.717) is 37.5 Å². The smallest absolute Gasteiger partial charge is 0.408 e. The van der Waals surface area contributed by atoms with Gasteiger partial charge in [0.2, 0.25) is 5.91 Å². The lowest BCUT2D eigenvalue weighted by atomic mass is 9.89. The van der Waals surface area contributed by atoms with E-state index < -0.39 is 37.8 Å². The first-order valence-corrected chi connectivity index (χ1v) is 23.3. The molecule has 1 atom stereocenters. The van der Waals surface area contributed by atoms with Crippen LogP contribution in [0.2, 0.25) is 0 Å². The van der Waals surface area contributed by atoms with Gasteiger partial charge < -0.3 is 29.6 Å². The summed E-state index contributed by atoms with van der Waals surface area (Å²) in [6.45, 7) is 11.1. The van der Waals surface area contributed by atoms with Crippen molar-refractivity contribution in [3.63, 3.8) is 0 Å². The fourth-order valence-electron chi connectivity index (χ4n) is 5.82. The van der Waals surface area contributed by atoms with Gasteiger partial charge in [-0.15, -0.1) is 0 Å². The molecule has 0 aromatic carbocycles. The predicted molar refractivity (Wildman–Crippen MR) is 204 cm³/mol. The summed E-state index contributed by atoms with van der Waals surface area (Å²) in [5.74, 6) is 3.18. The lowest BCUT2D eigenvalue weighted by Crippen LogP contribution is -2.51. The van der Waals surface area contributed by atoms with Crippen LogP contribution in [0.25, 0.3) is 11.1 Å². The number of aromatic nitrogens is 3. The third kappa shape index (κ3) is 12.7. The van der Waals surface area contributed by atoms with Crippen molar-refractivity contribution in [2.24, 2.45) is 17.8 Å². The number of hydrogen-bond donors (Lipinski definition) is 2. The SMILES string of the molecule is Cc1nn(COCCS(C)(C)C)c(C)c1-c1cnc(NC(=O)C(NC(=O)OC(C)(C)C)C(C2CC2)C2CC2)c(OCOCCS(C)(C)C)c1. The van der Waals surface area contributed by atoms with Crippen LogP contribution >= 0.6 is 20.1 Å². The summed E-state index contributed by atoms with van der Waals surface area (Å²) < 4.78 is 25.5. The third-order valence-corrected chi connectivity index (χ3v) is 11.4. The first-order chi connectivity index (χ1) is 22.8. The number of carbonyl (C=O) groups is 2. The quantitative estimate of drug-likeness (QED) is 0.131. The molecule has 13 heteroatoms. The summed E-state index contributed by atoms with van der Waals surface area (Å²) in [7, 11) is -1.36. The number of pyridine rings is 1. The van der Waals surface area contributed by atoms with Gasteiger partial charge >= 0.3 is 6.09 Å². The molecular weight excluding hydrogens is 663 g/mol. The van der Waals surface area contributed by atoms with Crippen LogP contribution in [0.1, 0.15) is 57.8 Å². The molecule has 2 aromatic heterocycles. The van der Waals surface area contributed by atoms with Gasteiger partial charge in [0.25, 0.3) is 0 Å². The average Bonchev–Trinajstić information content (AvgIpc) is 3.89. The Morgan fingerprint density at radius 2 is 1.55 bits per heavy atom. The Kier molecular flexibility index (Phi) is 13.0. The number of alkyl carbamates (subject to hydrolysis) is 1. The Hall–Kier alpha value is -2.48. The van der Waals surface area contributed by atoms with E-state index in [1.54, 1.807) is 6.20 Å². The van der Waals surface area contributed by atoms with Crippen LogP contribution in [0.4, 0.5) is 10.6 Å². The van der Waals surface area contributed by atoms with Gasteiger partial charge in [-0.3, -0.25) is 4.79 Å². The van der Waals surface area contributed by atoms with E-state index in [2.05, 4.69) is 48.2 Å². The Labute approximate surface area is 297 Å². The van der Waals surface area contributed by atoms with Crippen molar-refractivity contribution in [1.29, 1.82) is 0 Å². The lowest BCUT2D eigenvalue weighted by Gasteiger charge is -2.29. The van der Waals surface area contributed by atoms with Gasteiger partial charge in [-0.2, -0.15) is 5.10 Å². The molecule has 2 saturated carbocycles. The molecule has 0 spiro atoms. The van der Waals surface area contributed by atoms with Crippen LogP contribution in [-0.4, -0.2) is 107 Å². The van der Waals surface area contributed by atoms with Crippen molar-refractivity contribution in [3.05, 3.63) is 23.7 Å². The van der Waals surface area contributed by atoms with Crippen molar-refractivity contribution in [2.45, 2.75) is 78.7 Å². The van der Waals surface area contributed by atoms with E-state index in [1.807, 2.05) is 45.4 Å². The van der Waals surface area contributed by atoms with Crippen LogP contribution in [0, 0.1) is 31.6 Å². The van der Waals surface area contributed by atoms with Crippen molar-refractivity contribution >= 4 is 37.9 Å². The zero-order valence-electron chi connectivity index (χ0n) is 31.6. The number of carbonyl (C=O) groups excluding carboxylic acids is 2. The van der Waals surface area contributed by atoms with Gasteiger partial charge in [0.15, 0.2) is 18.4 Å². The van der Waals surface area contributed by atoms with E-state index in [1.165, 1.54) is 0 Å². The molecule has 2 amide bonds.